The van der Waals surface area contributed by atoms with E-state index < -0.39 is 10.0 Å². The smallest absolute Gasteiger partial charge is 0.264 e. The molecule has 178 valence electrons. The van der Waals surface area contributed by atoms with E-state index in [0.29, 0.717) is 34.1 Å². The second-order valence-electron chi connectivity index (χ2n) is 7.90. The maximum atomic E-state index is 13.4. The van der Waals surface area contributed by atoms with Crippen LogP contribution in [0.1, 0.15) is 22.6 Å². The van der Waals surface area contributed by atoms with Gasteiger partial charge in [0.2, 0.25) is 11.8 Å². The molecule has 2 aromatic carbocycles. The minimum absolute atomic E-state index is 0.0825. The van der Waals surface area contributed by atoms with Crippen LogP contribution in [0, 0.1) is 20.8 Å². The summed E-state index contributed by atoms with van der Waals surface area (Å²) < 4.78 is 40.0. The van der Waals surface area contributed by atoms with Crippen molar-refractivity contribution in [1.29, 1.82) is 0 Å². The summed E-state index contributed by atoms with van der Waals surface area (Å²) >= 11 is 0. The third kappa shape index (κ3) is 4.43. The third-order valence-corrected chi connectivity index (χ3v) is 6.89. The largest absolute Gasteiger partial charge is 0.445 e. The molecule has 0 saturated carbocycles. The molecule has 0 bridgehead atoms. The van der Waals surface area contributed by atoms with E-state index in [1.165, 1.54) is 11.1 Å². The van der Waals surface area contributed by atoms with Crippen molar-refractivity contribution in [1.82, 2.24) is 30.3 Å². The number of rotatable bonds is 7. The summed E-state index contributed by atoms with van der Waals surface area (Å²) in [5.74, 6) is 1.05. The molecule has 0 fully saturated rings. The topological polar surface area (TPSA) is 142 Å². The van der Waals surface area contributed by atoms with E-state index >= 15 is 0 Å². The van der Waals surface area contributed by atoms with Crippen molar-refractivity contribution in [3.8, 4) is 22.6 Å². The van der Waals surface area contributed by atoms with Crippen molar-refractivity contribution in [2.75, 3.05) is 4.72 Å². The lowest BCUT2D eigenvalue weighted by Gasteiger charge is -2.15. The number of nitrogens with one attached hydrogen (secondary N) is 1. The first-order chi connectivity index (χ1) is 16.8. The molecule has 0 saturated heterocycles. The van der Waals surface area contributed by atoms with Gasteiger partial charge in [0.1, 0.15) is 6.26 Å². The van der Waals surface area contributed by atoms with E-state index in [2.05, 4.69) is 30.3 Å². The van der Waals surface area contributed by atoms with Gasteiger partial charge in [0.25, 0.3) is 10.0 Å². The Morgan fingerprint density at radius 3 is 2.57 bits per heavy atom. The van der Waals surface area contributed by atoms with E-state index in [0.717, 1.165) is 11.1 Å². The minimum Gasteiger partial charge on any atom is -0.445 e. The van der Waals surface area contributed by atoms with Gasteiger partial charge in [0.05, 0.1) is 23.3 Å². The van der Waals surface area contributed by atoms with Gasteiger partial charge >= 0.3 is 0 Å². The third-order valence-electron chi connectivity index (χ3n) is 5.50. The van der Waals surface area contributed by atoms with E-state index in [9.17, 15) is 8.42 Å². The van der Waals surface area contributed by atoms with Gasteiger partial charge in [-0.15, -0.1) is 10.2 Å². The summed E-state index contributed by atoms with van der Waals surface area (Å²) in [7, 11) is -4.01. The predicted molar refractivity (Wildman–Crippen MR) is 126 cm³/mol. The molecule has 5 aromatic rings. The summed E-state index contributed by atoms with van der Waals surface area (Å²) in [6.07, 6.45) is 3.05. The Kier molecular flexibility index (Phi) is 5.65. The molecule has 12 heteroatoms. The molecule has 11 nitrogen and oxygen atoms in total. The van der Waals surface area contributed by atoms with Crippen LogP contribution in [0.4, 0.5) is 5.88 Å². The van der Waals surface area contributed by atoms with Crippen LogP contribution < -0.4 is 4.72 Å². The number of tetrazole rings is 1. The Morgan fingerprint density at radius 1 is 1.06 bits per heavy atom. The molecule has 0 amide bonds. The highest BCUT2D eigenvalue weighted by molar-refractivity contribution is 7.92. The van der Waals surface area contributed by atoms with Crippen molar-refractivity contribution in [3.63, 3.8) is 0 Å². The molecule has 35 heavy (non-hydrogen) atoms. The van der Waals surface area contributed by atoms with Crippen LogP contribution in [-0.2, 0) is 16.6 Å². The zero-order valence-corrected chi connectivity index (χ0v) is 19.9. The van der Waals surface area contributed by atoms with Gasteiger partial charge in [0, 0.05) is 16.7 Å². The average Bonchev–Trinajstić information content (AvgIpc) is 3.59. The number of hydrogen-bond donors (Lipinski definition) is 1. The Morgan fingerprint density at radius 2 is 1.89 bits per heavy atom. The maximum Gasteiger partial charge on any atom is 0.264 e. The van der Waals surface area contributed by atoms with E-state index in [-0.39, 0.29) is 17.3 Å². The quantitative estimate of drug-likeness (QED) is 0.360. The van der Waals surface area contributed by atoms with E-state index in [4.69, 9.17) is 8.94 Å². The number of benzene rings is 2. The standard InChI is InChI=1S/C23H21N7O4S/c1-14-15(2)27-34-22(14)28-35(31,32)21-7-5-4-6-20(21)19-9-8-17(23-24-10-11-33-23)12-18(19)13-30-26-16(3)25-29-30/h4-12,28H,13H2,1-3H3. The first-order valence-corrected chi connectivity index (χ1v) is 12.1. The van der Waals surface area contributed by atoms with Crippen LogP contribution in [0.25, 0.3) is 22.6 Å². The summed E-state index contributed by atoms with van der Waals surface area (Å²) in [5.41, 5.74) is 3.90. The number of sulfonamides is 1. The predicted octanol–water partition coefficient (Wildman–Crippen LogP) is 3.76. The Hall–Kier alpha value is -4.32. The number of nitrogens with zero attached hydrogens (tertiary/aromatic N) is 6. The van der Waals surface area contributed by atoms with Gasteiger partial charge < -0.3 is 8.94 Å². The lowest BCUT2D eigenvalue weighted by atomic mass is 9.97. The summed E-state index contributed by atoms with van der Waals surface area (Å²) in [4.78, 5) is 5.75. The van der Waals surface area contributed by atoms with Crippen LogP contribution in [0.5, 0.6) is 0 Å². The first kappa shape index (κ1) is 22.5. The number of aryl methyl sites for hydroxylation is 2. The van der Waals surface area contributed by atoms with Crippen molar-refractivity contribution < 1.29 is 17.4 Å². The van der Waals surface area contributed by atoms with Crippen molar-refractivity contribution in [2.45, 2.75) is 32.2 Å². The number of oxazole rings is 1. The SMILES string of the molecule is Cc1nnn(Cc2cc(-c3ncco3)ccc2-c2ccccc2S(=O)(=O)Nc2onc(C)c2C)n1. The number of aromatic nitrogens is 6. The molecule has 0 spiro atoms. The molecule has 0 aliphatic heterocycles. The van der Waals surface area contributed by atoms with Gasteiger partial charge in [0.15, 0.2) is 5.82 Å². The van der Waals surface area contributed by atoms with Gasteiger partial charge in [-0.05, 0) is 55.3 Å². The van der Waals surface area contributed by atoms with E-state index in [1.807, 2.05) is 18.2 Å². The fraction of sp³-hybridized carbons (Fsp3) is 0.174. The Labute approximate surface area is 200 Å². The molecule has 3 aromatic heterocycles. The van der Waals surface area contributed by atoms with Crippen molar-refractivity contribution in [3.05, 3.63) is 77.6 Å². The number of hydrogen-bond acceptors (Lipinski definition) is 9. The fourth-order valence-electron chi connectivity index (χ4n) is 3.64. The molecular weight excluding hydrogens is 470 g/mol. The van der Waals surface area contributed by atoms with Gasteiger partial charge in [-0.25, -0.2) is 18.1 Å². The van der Waals surface area contributed by atoms with E-state index in [1.54, 1.807) is 51.2 Å². The normalized spacial score (nSPS) is 11.6. The zero-order chi connectivity index (χ0) is 24.6. The average molecular weight is 492 g/mol. The molecular formula is C23H21N7O4S. The fourth-order valence-corrected chi connectivity index (χ4v) is 4.91. The molecule has 5 rings (SSSR count). The Bertz CT molecular complexity index is 1600. The van der Waals surface area contributed by atoms with Crippen LogP contribution in [-0.4, -0.2) is 38.8 Å². The van der Waals surface area contributed by atoms with Gasteiger partial charge in [-0.3, -0.25) is 0 Å². The summed E-state index contributed by atoms with van der Waals surface area (Å²) in [6, 6.07) is 12.3. The zero-order valence-electron chi connectivity index (χ0n) is 19.1. The van der Waals surface area contributed by atoms with Crippen molar-refractivity contribution >= 4 is 15.9 Å². The molecule has 0 atom stereocenters. The molecule has 3 heterocycles. The number of anilines is 1. The monoisotopic (exact) mass is 491 g/mol. The van der Waals surface area contributed by atoms with Gasteiger partial charge in [-0.1, -0.05) is 29.4 Å². The minimum atomic E-state index is -4.01. The van der Waals surface area contributed by atoms with Gasteiger partial charge in [-0.2, -0.15) is 4.80 Å². The van der Waals surface area contributed by atoms with Crippen LogP contribution in [0.2, 0.25) is 0 Å². The summed E-state index contributed by atoms with van der Waals surface area (Å²) in [5, 5.41) is 16.1. The highest BCUT2D eigenvalue weighted by atomic mass is 32.2. The van der Waals surface area contributed by atoms with Crippen LogP contribution in [0.3, 0.4) is 0 Å². The lowest BCUT2D eigenvalue weighted by Crippen LogP contribution is -2.15. The maximum absolute atomic E-state index is 13.4. The molecule has 1 N–H and O–H groups in total. The van der Waals surface area contributed by atoms with Crippen LogP contribution in [0.15, 0.2) is 68.8 Å². The molecule has 0 radical (unpaired) electrons. The lowest BCUT2D eigenvalue weighted by molar-refractivity contribution is 0.430. The molecule has 0 unspecified atom stereocenters. The second-order valence-corrected chi connectivity index (χ2v) is 9.55. The molecule has 0 aliphatic carbocycles. The summed E-state index contributed by atoms with van der Waals surface area (Å²) in [6.45, 7) is 5.48. The van der Waals surface area contributed by atoms with Crippen molar-refractivity contribution in [2.24, 2.45) is 0 Å². The second kappa shape index (κ2) is 8.80. The highest BCUT2D eigenvalue weighted by Crippen LogP contribution is 2.34. The van der Waals surface area contributed by atoms with Crippen LogP contribution >= 0.6 is 0 Å². The molecule has 0 aliphatic rings. The Balaban J connectivity index is 1.62. The highest BCUT2D eigenvalue weighted by Gasteiger charge is 2.24. The first-order valence-electron chi connectivity index (χ1n) is 10.6.